The molecule has 2 nitrogen and oxygen atoms in total. The van der Waals surface area contributed by atoms with E-state index in [0.29, 0.717) is 11.4 Å². The van der Waals surface area contributed by atoms with E-state index in [1.165, 1.54) is 0 Å². The summed E-state index contributed by atoms with van der Waals surface area (Å²) in [6.45, 7) is 9.47. The summed E-state index contributed by atoms with van der Waals surface area (Å²) in [5, 5.41) is 0.634. The van der Waals surface area contributed by atoms with Crippen LogP contribution in [0.25, 0.3) is 0 Å². The predicted molar refractivity (Wildman–Crippen MR) is 96.3 cm³/mol. The van der Waals surface area contributed by atoms with E-state index >= 15 is 0 Å². The molecule has 0 saturated heterocycles. The number of benzene rings is 1. The molecule has 0 saturated carbocycles. The number of ether oxygens (including phenoxy) is 1. The molecular formula is C20H23ClO2. The number of carbonyl (C=O) groups excluding carboxylic acids is 1. The summed E-state index contributed by atoms with van der Waals surface area (Å²) in [6, 6.07) is 7.24. The van der Waals surface area contributed by atoms with Crippen LogP contribution in [0, 0.1) is 18.3 Å². The van der Waals surface area contributed by atoms with Crippen LogP contribution in [0.15, 0.2) is 48.6 Å². The molecule has 0 bridgehead atoms. The molecule has 0 fully saturated rings. The number of halogens is 1. The summed E-state index contributed by atoms with van der Waals surface area (Å²) in [6.07, 6.45) is 9.23. The van der Waals surface area contributed by atoms with Crippen LogP contribution < -0.4 is 0 Å². The molecule has 2 unspecified atom stereocenters. The lowest BCUT2D eigenvalue weighted by Crippen LogP contribution is -2.26. The highest BCUT2D eigenvalue weighted by molar-refractivity contribution is 6.30. The Hall–Kier alpha value is -1.98. The highest BCUT2D eigenvalue weighted by Gasteiger charge is 2.28. The SMILES string of the molecule is C#CC(OC(=O)C(c1ccc(Cl)cc1)C(C)C)C(C)=CCC=C. The van der Waals surface area contributed by atoms with Crippen LogP contribution in [0.5, 0.6) is 0 Å². The van der Waals surface area contributed by atoms with Crippen LogP contribution in [0.1, 0.15) is 38.7 Å². The molecule has 0 aliphatic heterocycles. The lowest BCUT2D eigenvalue weighted by atomic mass is 9.88. The normalized spacial score (nSPS) is 14.0. The van der Waals surface area contributed by atoms with Crippen LogP contribution in [0.4, 0.5) is 0 Å². The maximum Gasteiger partial charge on any atom is 0.315 e. The molecule has 2 atom stereocenters. The van der Waals surface area contributed by atoms with Gasteiger partial charge in [0.25, 0.3) is 0 Å². The van der Waals surface area contributed by atoms with Crippen LogP contribution in [-0.4, -0.2) is 12.1 Å². The first-order chi connectivity index (χ1) is 10.9. The Kier molecular flexibility index (Phi) is 7.65. The van der Waals surface area contributed by atoms with Gasteiger partial charge in [0.15, 0.2) is 6.10 Å². The Morgan fingerprint density at radius 2 is 2.00 bits per heavy atom. The topological polar surface area (TPSA) is 26.3 Å². The zero-order valence-electron chi connectivity index (χ0n) is 13.9. The molecule has 0 amide bonds. The first kappa shape index (κ1) is 19.1. The lowest BCUT2D eigenvalue weighted by molar-refractivity contribution is -0.148. The van der Waals surface area contributed by atoms with Gasteiger partial charge in [-0.3, -0.25) is 4.79 Å². The van der Waals surface area contributed by atoms with Gasteiger partial charge >= 0.3 is 5.97 Å². The first-order valence-corrected chi connectivity index (χ1v) is 7.98. The fourth-order valence-corrected chi connectivity index (χ4v) is 2.41. The van der Waals surface area contributed by atoms with Crippen molar-refractivity contribution >= 4 is 17.6 Å². The molecule has 1 aromatic rings. The molecule has 1 aromatic carbocycles. The highest BCUT2D eigenvalue weighted by Crippen LogP contribution is 2.28. The molecule has 23 heavy (non-hydrogen) atoms. The summed E-state index contributed by atoms with van der Waals surface area (Å²) < 4.78 is 5.56. The fourth-order valence-electron chi connectivity index (χ4n) is 2.29. The second-order valence-corrected chi connectivity index (χ2v) is 6.17. The fraction of sp³-hybridized carbons (Fsp3) is 0.350. The lowest BCUT2D eigenvalue weighted by Gasteiger charge is -2.22. The summed E-state index contributed by atoms with van der Waals surface area (Å²) >= 11 is 5.91. The molecule has 0 radical (unpaired) electrons. The van der Waals surface area contributed by atoms with E-state index in [-0.39, 0.29) is 17.8 Å². The van der Waals surface area contributed by atoms with Crippen molar-refractivity contribution in [3.05, 3.63) is 59.2 Å². The van der Waals surface area contributed by atoms with Gasteiger partial charge in [0, 0.05) is 5.02 Å². The minimum Gasteiger partial charge on any atom is -0.444 e. The van der Waals surface area contributed by atoms with E-state index in [1.807, 2.05) is 39.0 Å². The van der Waals surface area contributed by atoms with Gasteiger partial charge in [-0.2, -0.15) is 0 Å². The molecule has 0 spiro atoms. The van der Waals surface area contributed by atoms with Crippen molar-refractivity contribution in [2.24, 2.45) is 5.92 Å². The number of hydrogen-bond donors (Lipinski definition) is 0. The van der Waals surface area contributed by atoms with Crippen molar-refractivity contribution in [2.75, 3.05) is 0 Å². The Labute approximate surface area is 144 Å². The van der Waals surface area contributed by atoms with Crippen LogP contribution in [0.2, 0.25) is 5.02 Å². The standard InChI is InChI=1S/C20H23ClO2/c1-6-8-9-15(5)18(7-2)23-20(22)19(14(3)4)16-10-12-17(21)13-11-16/h2,6,9-14,18-19H,1,8H2,3-5H3. The van der Waals surface area contributed by atoms with Crippen molar-refractivity contribution in [2.45, 2.75) is 39.2 Å². The maximum absolute atomic E-state index is 12.6. The van der Waals surface area contributed by atoms with Crippen molar-refractivity contribution in [3.8, 4) is 12.3 Å². The molecule has 0 heterocycles. The highest BCUT2D eigenvalue weighted by atomic mass is 35.5. The number of carbonyl (C=O) groups is 1. The second kappa shape index (κ2) is 9.22. The predicted octanol–water partition coefficient (Wildman–Crippen LogP) is 5.15. The minimum atomic E-state index is -0.656. The molecule has 0 aliphatic rings. The minimum absolute atomic E-state index is 0.0829. The van der Waals surface area contributed by atoms with Gasteiger partial charge in [0.1, 0.15) is 0 Å². The Morgan fingerprint density at radius 1 is 1.39 bits per heavy atom. The van der Waals surface area contributed by atoms with Gasteiger partial charge < -0.3 is 4.74 Å². The third-order valence-electron chi connectivity index (χ3n) is 3.56. The number of rotatable bonds is 7. The number of terminal acetylenes is 1. The van der Waals surface area contributed by atoms with Crippen molar-refractivity contribution in [1.82, 2.24) is 0 Å². The van der Waals surface area contributed by atoms with Crippen molar-refractivity contribution in [3.63, 3.8) is 0 Å². The summed E-state index contributed by atoms with van der Waals surface area (Å²) in [5.41, 5.74) is 1.71. The van der Waals surface area contributed by atoms with E-state index in [4.69, 9.17) is 22.8 Å². The Bertz CT molecular complexity index is 606. The molecule has 0 aliphatic carbocycles. The van der Waals surface area contributed by atoms with E-state index < -0.39 is 6.10 Å². The average molecular weight is 331 g/mol. The smallest absolute Gasteiger partial charge is 0.315 e. The summed E-state index contributed by atoms with van der Waals surface area (Å²) in [5.74, 6) is 1.91. The van der Waals surface area contributed by atoms with E-state index in [9.17, 15) is 4.79 Å². The van der Waals surface area contributed by atoms with Gasteiger partial charge in [-0.15, -0.1) is 13.0 Å². The van der Waals surface area contributed by atoms with E-state index in [1.54, 1.807) is 18.2 Å². The largest absolute Gasteiger partial charge is 0.444 e. The van der Waals surface area contributed by atoms with Gasteiger partial charge in [-0.25, -0.2) is 0 Å². The number of esters is 1. The van der Waals surface area contributed by atoms with Crippen LogP contribution in [0.3, 0.4) is 0 Å². The maximum atomic E-state index is 12.6. The third kappa shape index (κ3) is 5.62. The van der Waals surface area contributed by atoms with Gasteiger partial charge in [0.05, 0.1) is 5.92 Å². The summed E-state index contributed by atoms with van der Waals surface area (Å²) in [4.78, 5) is 12.6. The molecule has 122 valence electrons. The number of hydrogen-bond acceptors (Lipinski definition) is 2. The molecular weight excluding hydrogens is 308 g/mol. The van der Waals surface area contributed by atoms with Crippen molar-refractivity contribution in [1.29, 1.82) is 0 Å². The van der Waals surface area contributed by atoms with Crippen LogP contribution in [-0.2, 0) is 9.53 Å². The zero-order valence-corrected chi connectivity index (χ0v) is 14.6. The molecule has 3 heteroatoms. The quantitative estimate of drug-likeness (QED) is 0.393. The van der Waals surface area contributed by atoms with Crippen LogP contribution >= 0.6 is 11.6 Å². The Balaban J connectivity index is 2.96. The van der Waals surface area contributed by atoms with Crippen molar-refractivity contribution < 1.29 is 9.53 Å². The monoisotopic (exact) mass is 330 g/mol. The zero-order chi connectivity index (χ0) is 17.4. The molecule has 0 aromatic heterocycles. The third-order valence-corrected chi connectivity index (χ3v) is 3.81. The van der Waals surface area contributed by atoms with Gasteiger partial charge in [0.2, 0.25) is 0 Å². The molecule has 0 N–H and O–H groups in total. The summed E-state index contributed by atoms with van der Waals surface area (Å²) in [7, 11) is 0. The molecule has 1 rings (SSSR count). The second-order valence-electron chi connectivity index (χ2n) is 5.73. The Morgan fingerprint density at radius 3 is 2.48 bits per heavy atom. The van der Waals surface area contributed by atoms with E-state index in [2.05, 4.69) is 12.5 Å². The number of allylic oxidation sites excluding steroid dienone is 2. The van der Waals surface area contributed by atoms with Gasteiger partial charge in [-0.1, -0.05) is 55.7 Å². The average Bonchev–Trinajstić information content (AvgIpc) is 2.52. The van der Waals surface area contributed by atoms with E-state index in [0.717, 1.165) is 11.1 Å². The first-order valence-electron chi connectivity index (χ1n) is 7.60. The van der Waals surface area contributed by atoms with Gasteiger partial charge in [-0.05, 0) is 42.5 Å².